The molecule has 7 heteroatoms. The van der Waals surface area contributed by atoms with Crippen molar-refractivity contribution in [3.63, 3.8) is 0 Å². The van der Waals surface area contributed by atoms with Gasteiger partial charge in [0.2, 0.25) is 5.91 Å². The van der Waals surface area contributed by atoms with E-state index in [-0.39, 0.29) is 23.0 Å². The quantitative estimate of drug-likeness (QED) is 0.830. The molecule has 1 aliphatic heterocycles. The highest BCUT2D eigenvalue weighted by molar-refractivity contribution is 7.86. The molecule has 1 heterocycles. The van der Waals surface area contributed by atoms with Gasteiger partial charge in [0.25, 0.3) is 0 Å². The minimum atomic E-state index is -1.23. The lowest BCUT2D eigenvalue weighted by Gasteiger charge is -2.13. The normalized spacial score (nSPS) is 23.5. The summed E-state index contributed by atoms with van der Waals surface area (Å²) < 4.78 is 17.5. The van der Waals surface area contributed by atoms with Gasteiger partial charge < -0.3 is 15.8 Å². The Hall–Kier alpha value is -1.11. The van der Waals surface area contributed by atoms with Crippen LogP contribution in [0.15, 0.2) is 18.2 Å². The zero-order valence-electron chi connectivity index (χ0n) is 11.1. The maximum absolute atomic E-state index is 12.1. The van der Waals surface area contributed by atoms with Crippen LogP contribution in [0.1, 0.15) is 13.3 Å². The lowest BCUT2D eigenvalue weighted by molar-refractivity contribution is -0.113. The molecular weight excluding hydrogens is 300 g/mol. The van der Waals surface area contributed by atoms with Crippen LogP contribution < -0.4 is 11.1 Å². The van der Waals surface area contributed by atoms with Gasteiger partial charge in [0.05, 0.1) is 22.1 Å². The molecule has 1 aromatic carbocycles. The van der Waals surface area contributed by atoms with Crippen LogP contribution in [0.5, 0.6) is 0 Å². The predicted molar refractivity (Wildman–Crippen MR) is 81.3 cm³/mol. The third kappa shape index (κ3) is 3.71. The first-order valence-corrected chi connectivity index (χ1v) is 8.07. The number of nitrogens with one attached hydrogen (secondary N) is 1. The fourth-order valence-corrected chi connectivity index (χ4v) is 3.64. The number of ether oxygens (including phenoxy) is 1. The summed E-state index contributed by atoms with van der Waals surface area (Å²) in [6.07, 6.45) is 0.671. The number of rotatable bonds is 4. The van der Waals surface area contributed by atoms with Gasteiger partial charge in [-0.25, -0.2) is 0 Å². The summed E-state index contributed by atoms with van der Waals surface area (Å²) in [6, 6.07) is 4.83. The van der Waals surface area contributed by atoms with E-state index in [9.17, 15) is 9.00 Å². The lowest BCUT2D eigenvalue weighted by Crippen LogP contribution is -2.30. The molecule has 110 valence electrons. The molecule has 0 aliphatic carbocycles. The van der Waals surface area contributed by atoms with Crippen molar-refractivity contribution in [3.8, 4) is 0 Å². The van der Waals surface area contributed by atoms with E-state index in [0.29, 0.717) is 23.0 Å². The van der Waals surface area contributed by atoms with Gasteiger partial charge in [-0.2, -0.15) is 0 Å². The molecule has 3 unspecified atom stereocenters. The van der Waals surface area contributed by atoms with Crippen LogP contribution in [0.4, 0.5) is 11.4 Å². The third-order valence-electron chi connectivity index (χ3n) is 3.20. The van der Waals surface area contributed by atoms with E-state index in [1.165, 1.54) is 0 Å². The van der Waals surface area contributed by atoms with E-state index in [1.807, 2.05) is 6.92 Å². The van der Waals surface area contributed by atoms with Gasteiger partial charge in [-0.05, 0) is 31.5 Å². The largest absolute Gasteiger partial charge is 0.397 e. The smallest absolute Gasteiger partial charge is 0.237 e. The van der Waals surface area contributed by atoms with E-state index in [2.05, 4.69) is 5.32 Å². The summed E-state index contributed by atoms with van der Waals surface area (Å²) in [5.41, 5.74) is 6.59. The molecular formula is C13H17ClN2O3S. The van der Waals surface area contributed by atoms with Crippen molar-refractivity contribution < 1.29 is 13.7 Å². The van der Waals surface area contributed by atoms with Crippen molar-refractivity contribution in [2.75, 3.05) is 23.4 Å². The molecule has 3 N–H and O–H groups in total. The van der Waals surface area contributed by atoms with Crippen LogP contribution in [0, 0.1) is 0 Å². The summed E-state index contributed by atoms with van der Waals surface area (Å²) in [6.45, 7) is 2.49. The molecule has 2 rings (SSSR count). The van der Waals surface area contributed by atoms with Crippen LogP contribution in [0.3, 0.4) is 0 Å². The zero-order valence-corrected chi connectivity index (χ0v) is 12.7. The van der Waals surface area contributed by atoms with E-state index >= 15 is 0 Å². The highest BCUT2D eigenvalue weighted by Gasteiger charge is 2.30. The van der Waals surface area contributed by atoms with E-state index in [1.54, 1.807) is 18.2 Å². The maximum Gasteiger partial charge on any atom is 0.237 e. The van der Waals surface area contributed by atoms with Crippen LogP contribution in [-0.4, -0.2) is 33.8 Å². The van der Waals surface area contributed by atoms with Gasteiger partial charge in [0, 0.05) is 23.1 Å². The number of hydrogen-bond acceptors (Lipinski definition) is 4. The first kappa shape index (κ1) is 15.3. The Morgan fingerprint density at radius 3 is 2.95 bits per heavy atom. The van der Waals surface area contributed by atoms with Gasteiger partial charge in [0.1, 0.15) is 5.75 Å². The molecule has 0 spiro atoms. The van der Waals surface area contributed by atoms with Crippen molar-refractivity contribution in [3.05, 3.63) is 23.2 Å². The van der Waals surface area contributed by atoms with Crippen molar-refractivity contribution in [1.29, 1.82) is 0 Å². The fraction of sp³-hybridized carbons (Fsp3) is 0.462. The number of carbonyl (C=O) groups is 1. The number of benzene rings is 1. The van der Waals surface area contributed by atoms with Gasteiger partial charge in [-0.15, -0.1) is 0 Å². The number of nitrogen functional groups attached to an aromatic ring is 1. The molecule has 1 aromatic rings. The highest BCUT2D eigenvalue weighted by atomic mass is 35.5. The molecule has 1 aliphatic rings. The van der Waals surface area contributed by atoms with E-state index in [4.69, 9.17) is 22.1 Å². The second kappa shape index (κ2) is 6.56. The first-order valence-electron chi connectivity index (χ1n) is 6.31. The third-order valence-corrected chi connectivity index (χ3v) is 5.38. The monoisotopic (exact) mass is 316 g/mol. The van der Waals surface area contributed by atoms with Crippen LogP contribution in [-0.2, 0) is 20.3 Å². The number of anilines is 2. The average molecular weight is 317 g/mol. The van der Waals surface area contributed by atoms with Gasteiger partial charge in [-0.3, -0.25) is 9.00 Å². The minimum Gasteiger partial charge on any atom is -0.397 e. The topological polar surface area (TPSA) is 81.4 Å². The summed E-state index contributed by atoms with van der Waals surface area (Å²) in [5.74, 6) is -0.342. The molecule has 0 aromatic heterocycles. The average Bonchev–Trinajstić information content (AvgIpc) is 2.80. The summed E-state index contributed by atoms with van der Waals surface area (Å²) >= 11 is 5.80. The SMILES string of the molecule is CC1OCCC1S(=O)CC(=O)Nc1ccc(Cl)c(N)c1. The Bertz CT molecular complexity index is 538. The molecule has 0 radical (unpaired) electrons. The Balaban J connectivity index is 1.91. The fourth-order valence-electron chi connectivity index (χ4n) is 2.11. The molecule has 1 saturated heterocycles. The maximum atomic E-state index is 12.1. The second-order valence-electron chi connectivity index (χ2n) is 4.71. The van der Waals surface area contributed by atoms with Gasteiger partial charge in [0.15, 0.2) is 0 Å². The van der Waals surface area contributed by atoms with Crippen molar-refractivity contribution >= 4 is 39.7 Å². The standard InChI is InChI=1S/C13H17ClN2O3S/c1-8-12(4-5-19-8)20(18)7-13(17)16-9-2-3-10(14)11(15)6-9/h2-3,6,8,12H,4-5,7,15H2,1H3,(H,16,17). The second-order valence-corrected chi connectivity index (χ2v) is 6.78. The van der Waals surface area contributed by atoms with Crippen molar-refractivity contribution in [1.82, 2.24) is 0 Å². The van der Waals surface area contributed by atoms with Gasteiger partial charge >= 0.3 is 0 Å². The number of carbonyl (C=O) groups excluding carboxylic acids is 1. The van der Waals surface area contributed by atoms with Gasteiger partial charge in [-0.1, -0.05) is 11.6 Å². The molecule has 5 nitrogen and oxygen atoms in total. The predicted octanol–water partition coefficient (Wildman–Crippen LogP) is 1.79. The summed E-state index contributed by atoms with van der Waals surface area (Å²) in [5, 5.41) is 3.03. The Morgan fingerprint density at radius 1 is 1.60 bits per heavy atom. The Kier molecular flexibility index (Phi) is 5.01. The van der Waals surface area contributed by atoms with Crippen LogP contribution in [0.2, 0.25) is 5.02 Å². The zero-order chi connectivity index (χ0) is 14.7. The Morgan fingerprint density at radius 2 is 2.35 bits per heavy atom. The first-order chi connectivity index (χ1) is 9.47. The number of halogens is 1. The number of hydrogen-bond donors (Lipinski definition) is 2. The van der Waals surface area contributed by atoms with Crippen LogP contribution in [0.25, 0.3) is 0 Å². The van der Waals surface area contributed by atoms with Crippen LogP contribution >= 0.6 is 11.6 Å². The van der Waals surface area contributed by atoms with E-state index in [0.717, 1.165) is 6.42 Å². The Labute approximate surface area is 125 Å². The summed E-state index contributed by atoms with van der Waals surface area (Å²) in [7, 11) is -1.23. The molecule has 3 atom stereocenters. The molecule has 0 bridgehead atoms. The van der Waals surface area contributed by atoms with Crippen molar-refractivity contribution in [2.24, 2.45) is 0 Å². The molecule has 20 heavy (non-hydrogen) atoms. The number of amides is 1. The van der Waals surface area contributed by atoms with Crippen molar-refractivity contribution in [2.45, 2.75) is 24.7 Å². The van der Waals surface area contributed by atoms with E-state index < -0.39 is 10.8 Å². The highest BCUT2D eigenvalue weighted by Crippen LogP contribution is 2.23. The lowest BCUT2D eigenvalue weighted by atomic mass is 10.3. The summed E-state index contributed by atoms with van der Waals surface area (Å²) in [4.78, 5) is 11.9. The number of nitrogens with two attached hydrogens (primary N) is 1. The molecule has 0 saturated carbocycles. The molecule has 1 amide bonds. The molecule has 1 fully saturated rings. The minimum absolute atomic E-state index is 0.0408.